The maximum atomic E-state index is 8.35. The van der Waals surface area contributed by atoms with E-state index in [1.807, 2.05) is 0 Å². The molecule has 0 aromatic rings. The number of hydrogen-bond acceptors (Lipinski definition) is 6. The number of nitrogens with one attached hydrogen (secondary N) is 3. The van der Waals surface area contributed by atoms with Gasteiger partial charge in [0.05, 0.1) is 0 Å². The van der Waals surface area contributed by atoms with Gasteiger partial charge in [-0.3, -0.25) is 0 Å². The molecule has 0 aliphatic rings. The summed E-state index contributed by atoms with van der Waals surface area (Å²) < 4.78 is 0. The largest absolute Gasteiger partial charge is 0.231 e. The molecule has 0 atom stereocenters. The molecule has 0 rings (SSSR count). The Morgan fingerprint density at radius 1 is 0.933 bits per heavy atom. The van der Waals surface area contributed by atoms with Gasteiger partial charge in [-0.1, -0.05) is 26.2 Å². The predicted molar refractivity (Wildman–Crippen MR) is 53.7 cm³/mol. The highest BCUT2D eigenvalue weighted by Crippen LogP contribution is 1.95. The van der Waals surface area contributed by atoms with Crippen molar-refractivity contribution in [3.63, 3.8) is 0 Å². The molecule has 3 N–H and O–H groups in total. The van der Waals surface area contributed by atoms with E-state index in [9.17, 15) is 0 Å². The second kappa shape index (κ2) is 57.0. The third-order valence-corrected chi connectivity index (χ3v) is 0.808. The molecular weight excluding hydrogens is 198 g/mol. The second-order valence-corrected chi connectivity index (χ2v) is 1.80. The number of rotatable bonds is 3. The Morgan fingerprint density at radius 2 is 1.20 bits per heavy atom. The van der Waals surface area contributed by atoms with Crippen molar-refractivity contribution in [2.24, 2.45) is 0 Å². The second-order valence-electron chi connectivity index (χ2n) is 1.80. The zero-order chi connectivity index (χ0) is 12.9. The normalized spacial score (nSPS) is 5.20. The molecule has 0 aromatic carbocycles. The summed E-state index contributed by atoms with van der Waals surface area (Å²) in [6, 6.07) is 0. The van der Waals surface area contributed by atoms with Crippen molar-refractivity contribution in [3.05, 3.63) is 6.92 Å². The summed E-state index contributed by atoms with van der Waals surface area (Å²) in [5, 5.41) is 16.2. The van der Waals surface area contributed by atoms with Crippen LogP contribution in [0, 0.1) is 23.2 Å². The van der Waals surface area contributed by atoms with Crippen molar-refractivity contribution in [1.82, 2.24) is 0 Å². The third kappa shape index (κ3) is 960. The van der Waals surface area contributed by atoms with E-state index in [4.69, 9.17) is 37.5 Å². The van der Waals surface area contributed by atoms with Crippen LogP contribution in [-0.4, -0.2) is 18.2 Å². The Morgan fingerprint density at radius 3 is 1.27 bits per heavy atom. The molecule has 2 radical (unpaired) electrons. The minimum absolute atomic E-state index is 0.750. The van der Waals surface area contributed by atoms with Crippen molar-refractivity contribution < 1.29 is 14.4 Å². The number of carbonyl (C=O) groups excluding carboxylic acids is 3. The number of isocyanates is 3. The highest BCUT2D eigenvalue weighted by Gasteiger charge is 1.75. The first-order chi connectivity index (χ1) is 7.16. The van der Waals surface area contributed by atoms with Crippen molar-refractivity contribution in [2.75, 3.05) is 0 Å². The predicted octanol–water partition coefficient (Wildman–Crippen LogP) is 1.98. The van der Waals surface area contributed by atoms with E-state index in [-0.39, 0.29) is 0 Å². The van der Waals surface area contributed by atoms with Gasteiger partial charge >= 0.3 is 0 Å². The minimum Gasteiger partial charge on any atom is -0.222 e. The first-order valence-electron chi connectivity index (χ1n) is 3.98. The Labute approximate surface area is 89.2 Å². The molecule has 15 heavy (non-hydrogen) atoms. The van der Waals surface area contributed by atoms with E-state index in [0.717, 1.165) is 24.7 Å². The lowest BCUT2D eigenvalue weighted by molar-refractivity contribution is 0.562. The molecule has 0 amide bonds. The molecule has 0 fully saturated rings. The van der Waals surface area contributed by atoms with Gasteiger partial charge in [0.1, 0.15) is 0 Å². The van der Waals surface area contributed by atoms with Crippen LogP contribution in [0.2, 0.25) is 0 Å². The van der Waals surface area contributed by atoms with Gasteiger partial charge in [-0.25, -0.2) is 30.6 Å². The van der Waals surface area contributed by atoms with Gasteiger partial charge in [-0.05, 0) is 13.3 Å². The summed E-state index contributed by atoms with van der Waals surface area (Å²) in [6.07, 6.45) is 6.86. The van der Waals surface area contributed by atoms with Crippen molar-refractivity contribution >= 4 is 18.2 Å². The van der Waals surface area contributed by atoms with Gasteiger partial charge in [0, 0.05) is 0 Å². The SMILES string of the molecule is N=C=O.N=C=O.N=C=O.[CH]CCCCC. The van der Waals surface area contributed by atoms with Crippen LogP contribution in [0.5, 0.6) is 0 Å². The lowest BCUT2D eigenvalue weighted by Gasteiger charge is -1.85. The summed E-state index contributed by atoms with van der Waals surface area (Å²) in [7, 11) is 0. The van der Waals surface area contributed by atoms with E-state index in [1.165, 1.54) is 19.3 Å². The molecule has 0 saturated heterocycles. The fourth-order valence-corrected chi connectivity index (χ4v) is 0.394. The third-order valence-electron chi connectivity index (χ3n) is 0.808. The highest BCUT2D eigenvalue weighted by atomic mass is 16.1. The van der Waals surface area contributed by atoms with E-state index < -0.39 is 0 Å². The summed E-state index contributed by atoms with van der Waals surface area (Å²) in [4.78, 5) is 25.0. The molecular formula is C9H15N3O3. The molecule has 0 unspecified atom stereocenters. The molecule has 6 heteroatoms. The average molecular weight is 213 g/mol. The standard InChI is InChI=1S/C6H12.3CHNO/c1-3-5-6-4-2;3*2-1-3/h1H,3-6H2,2H3;3*2H. The van der Waals surface area contributed by atoms with E-state index in [1.54, 1.807) is 0 Å². The Kier molecular flexibility index (Phi) is 88.1. The summed E-state index contributed by atoms with van der Waals surface area (Å²) in [5.41, 5.74) is 0. The van der Waals surface area contributed by atoms with Crippen LogP contribution in [0.25, 0.3) is 0 Å². The van der Waals surface area contributed by atoms with Gasteiger partial charge < -0.3 is 0 Å². The fraction of sp³-hybridized carbons (Fsp3) is 0.556. The zero-order valence-corrected chi connectivity index (χ0v) is 8.63. The summed E-state index contributed by atoms with van der Waals surface area (Å²) in [6.45, 7) is 7.39. The Balaban J connectivity index is -0.0000000581. The quantitative estimate of drug-likeness (QED) is 0.377. The van der Waals surface area contributed by atoms with Gasteiger partial charge in [-0.15, -0.1) is 0 Å². The van der Waals surface area contributed by atoms with Crippen LogP contribution in [0.4, 0.5) is 0 Å². The zero-order valence-electron chi connectivity index (χ0n) is 8.63. The van der Waals surface area contributed by atoms with E-state index in [2.05, 4.69) is 6.92 Å². The maximum Gasteiger partial charge on any atom is 0.231 e. The summed E-state index contributed by atoms with van der Waals surface area (Å²) in [5.74, 6) is 0. The maximum absolute atomic E-state index is 8.35. The highest BCUT2D eigenvalue weighted by molar-refractivity contribution is 5.26. The monoisotopic (exact) mass is 213 g/mol. The fourth-order valence-electron chi connectivity index (χ4n) is 0.394. The molecule has 0 heterocycles. The number of unbranched alkanes of at least 4 members (excludes halogenated alkanes) is 3. The van der Waals surface area contributed by atoms with Crippen LogP contribution < -0.4 is 0 Å². The molecule has 0 aromatic heterocycles. The lowest BCUT2D eigenvalue weighted by Crippen LogP contribution is -1.66. The van der Waals surface area contributed by atoms with Crippen LogP contribution in [0.1, 0.15) is 32.6 Å². The van der Waals surface area contributed by atoms with Crippen LogP contribution in [0.3, 0.4) is 0 Å². The first-order valence-corrected chi connectivity index (χ1v) is 3.98. The van der Waals surface area contributed by atoms with Crippen LogP contribution in [-0.2, 0) is 14.4 Å². The van der Waals surface area contributed by atoms with Crippen molar-refractivity contribution in [1.29, 1.82) is 16.2 Å². The topological polar surface area (TPSA) is 123 Å². The molecule has 84 valence electrons. The van der Waals surface area contributed by atoms with Crippen molar-refractivity contribution in [2.45, 2.75) is 32.6 Å². The van der Waals surface area contributed by atoms with Gasteiger partial charge in [0.15, 0.2) is 0 Å². The van der Waals surface area contributed by atoms with Crippen LogP contribution in [0.15, 0.2) is 0 Å². The minimum atomic E-state index is 0.750. The Hall–Kier alpha value is -1.86. The molecule has 0 bridgehead atoms. The Bertz CT molecular complexity index is 154. The first kappa shape index (κ1) is 23.2. The van der Waals surface area contributed by atoms with Crippen LogP contribution >= 0.6 is 0 Å². The summed E-state index contributed by atoms with van der Waals surface area (Å²) >= 11 is 0. The van der Waals surface area contributed by atoms with Crippen molar-refractivity contribution in [3.8, 4) is 0 Å². The van der Waals surface area contributed by atoms with Gasteiger partial charge in [-0.2, -0.15) is 0 Å². The molecule has 0 aliphatic heterocycles. The average Bonchev–Trinajstić information content (AvgIpc) is 2.18. The number of hydrogen-bond donors (Lipinski definition) is 3. The smallest absolute Gasteiger partial charge is 0.222 e. The molecule has 0 saturated carbocycles. The van der Waals surface area contributed by atoms with Gasteiger partial charge in [0.2, 0.25) is 18.2 Å². The van der Waals surface area contributed by atoms with E-state index in [0.29, 0.717) is 0 Å². The van der Waals surface area contributed by atoms with Gasteiger partial charge in [0.25, 0.3) is 0 Å². The molecule has 0 spiro atoms. The van der Waals surface area contributed by atoms with E-state index >= 15 is 0 Å². The lowest BCUT2D eigenvalue weighted by atomic mass is 10.2. The molecule has 6 nitrogen and oxygen atoms in total. The molecule has 0 aliphatic carbocycles.